The van der Waals surface area contributed by atoms with Gasteiger partial charge in [-0.15, -0.1) is 0 Å². The fraction of sp³-hybridized carbons (Fsp3) is 0.529. The van der Waals surface area contributed by atoms with Crippen molar-refractivity contribution in [1.82, 2.24) is 4.90 Å². The van der Waals surface area contributed by atoms with Crippen LogP contribution in [0.15, 0.2) is 23.2 Å². The third-order valence-electron chi connectivity index (χ3n) is 4.57. The van der Waals surface area contributed by atoms with Gasteiger partial charge in [-0.1, -0.05) is 18.2 Å². The fourth-order valence-corrected chi connectivity index (χ4v) is 3.25. The third-order valence-corrected chi connectivity index (χ3v) is 4.57. The highest BCUT2D eigenvalue weighted by molar-refractivity contribution is 6.43. The highest BCUT2D eigenvalue weighted by Crippen LogP contribution is 2.42. The molecule has 2 heterocycles. The Balaban J connectivity index is 1.97. The summed E-state index contributed by atoms with van der Waals surface area (Å²) >= 11 is 0. The Bertz CT molecular complexity index is 581. The predicted octanol–water partition coefficient (Wildman–Crippen LogP) is 3.37. The number of carbonyl (C=O) groups is 1. The molecule has 1 aromatic carbocycles. The molecule has 0 aromatic heterocycles. The fourth-order valence-electron chi connectivity index (χ4n) is 3.25. The molecule has 0 bridgehead atoms. The molecule has 0 spiro atoms. The number of rotatable bonds is 1. The lowest BCUT2D eigenvalue weighted by Crippen LogP contribution is -2.45. The van der Waals surface area contributed by atoms with Crippen LogP contribution < -0.4 is 0 Å². The van der Waals surface area contributed by atoms with Gasteiger partial charge in [-0.05, 0) is 51.2 Å². The molecule has 1 fully saturated rings. The molecular weight excluding hydrogens is 248 g/mol. The number of hydrogen-bond acceptors (Lipinski definition) is 2. The van der Waals surface area contributed by atoms with E-state index in [9.17, 15) is 4.79 Å². The second-order valence-electron chi connectivity index (χ2n) is 6.41. The first-order valence-corrected chi connectivity index (χ1v) is 7.50. The lowest BCUT2D eigenvalue weighted by molar-refractivity contribution is -0.125. The molecule has 3 rings (SSSR count). The number of piperidine rings is 1. The van der Waals surface area contributed by atoms with E-state index in [4.69, 9.17) is 4.99 Å². The first kappa shape index (κ1) is 13.3. The van der Waals surface area contributed by atoms with Crippen LogP contribution >= 0.6 is 0 Å². The first-order chi connectivity index (χ1) is 9.51. The summed E-state index contributed by atoms with van der Waals surface area (Å²) in [6, 6.07) is 6.22. The van der Waals surface area contributed by atoms with Crippen LogP contribution in [-0.2, 0) is 10.2 Å². The van der Waals surface area contributed by atoms with Gasteiger partial charge < -0.3 is 4.90 Å². The van der Waals surface area contributed by atoms with Crippen molar-refractivity contribution in [1.29, 1.82) is 0 Å². The zero-order chi connectivity index (χ0) is 14.3. The van der Waals surface area contributed by atoms with E-state index in [1.165, 1.54) is 12.0 Å². The van der Waals surface area contributed by atoms with Crippen LogP contribution in [0.5, 0.6) is 0 Å². The molecule has 106 valence electrons. The molecule has 3 nitrogen and oxygen atoms in total. The predicted molar refractivity (Wildman–Crippen MR) is 81.7 cm³/mol. The van der Waals surface area contributed by atoms with Gasteiger partial charge in [0.2, 0.25) is 0 Å². The number of benzene rings is 1. The van der Waals surface area contributed by atoms with Crippen molar-refractivity contribution in [3.05, 3.63) is 29.3 Å². The summed E-state index contributed by atoms with van der Waals surface area (Å²) in [4.78, 5) is 19.5. The molecule has 0 N–H and O–H groups in total. The van der Waals surface area contributed by atoms with E-state index in [1.807, 2.05) is 4.90 Å². The monoisotopic (exact) mass is 270 g/mol. The maximum absolute atomic E-state index is 12.8. The number of hydrogen-bond donors (Lipinski definition) is 0. The second-order valence-corrected chi connectivity index (χ2v) is 6.41. The van der Waals surface area contributed by atoms with Gasteiger partial charge >= 0.3 is 0 Å². The van der Waals surface area contributed by atoms with Crippen LogP contribution in [0, 0.1) is 6.92 Å². The number of para-hydroxylation sites is 1. The number of fused-ring (bicyclic) bond motifs is 1. The van der Waals surface area contributed by atoms with Gasteiger partial charge in [0.1, 0.15) is 5.71 Å². The summed E-state index contributed by atoms with van der Waals surface area (Å²) < 4.78 is 0. The zero-order valence-corrected chi connectivity index (χ0v) is 12.6. The molecule has 1 saturated heterocycles. The Hall–Kier alpha value is -1.64. The quantitative estimate of drug-likeness (QED) is 0.770. The minimum absolute atomic E-state index is 0.130. The number of carbonyl (C=O) groups excluding carboxylic acids is 1. The standard InChI is InChI=1S/C17H22N2O/c1-12-8-7-9-13-14(12)18-15(17(13,2)3)16(20)19-10-5-4-6-11-19/h7-9H,4-6,10-11H2,1-3H3. The molecule has 1 amide bonds. The topological polar surface area (TPSA) is 32.7 Å². The molecule has 2 aliphatic heterocycles. The molecular formula is C17H22N2O. The number of nitrogens with zero attached hydrogens (tertiary/aromatic N) is 2. The van der Waals surface area contributed by atoms with E-state index >= 15 is 0 Å². The van der Waals surface area contributed by atoms with Gasteiger partial charge in [0.25, 0.3) is 5.91 Å². The van der Waals surface area contributed by atoms with Gasteiger partial charge in [0, 0.05) is 18.5 Å². The number of likely N-dealkylation sites (tertiary alicyclic amines) is 1. The average Bonchev–Trinajstić information content (AvgIpc) is 2.72. The number of amides is 1. The Morgan fingerprint density at radius 3 is 2.55 bits per heavy atom. The lowest BCUT2D eigenvalue weighted by Gasteiger charge is -2.30. The lowest BCUT2D eigenvalue weighted by atomic mass is 9.80. The van der Waals surface area contributed by atoms with Crippen LogP contribution in [0.2, 0.25) is 0 Å². The van der Waals surface area contributed by atoms with E-state index < -0.39 is 0 Å². The van der Waals surface area contributed by atoms with Gasteiger partial charge in [-0.2, -0.15) is 0 Å². The van der Waals surface area contributed by atoms with E-state index in [2.05, 4.69) is 39.0 Å². The number of aliphatic imine (C=N–C) groups is 1. The SMILES string of the molecule is Cc1cccc2c1N=C(C(=O)N1CCCCC1)C2(C)C. The minimum Gasteiger partial charge on any atom is -0.338 e. The summed E-state index contributed by atoms with van der Waals surface area (Å²) in [7, 11) is 0. The molecule has 20 heavy (non-hydrogen) atoms. The normalized spacial score (nSPS) is 20.6. The van der Waals surface area contributed by atoms with Crippen LogP contribution in [0.4, 0.5) is 5.69 Å². The van der Waals surface area contributed by atoms with Crippen LogP contribution in [-0.4, -0.2) is 29.6 Å². The van der Waals surface area contributed by atoms with Crippen LogP contribution in [0.25, 0.3) is 0 Å². The van der Waals surface area contributed by atoms with Crippen molar-refractivity contribution < 1.29 is 4.79 Å². The third kappa shape index (κ3) is 1.96. The minimum atomic E-state index is -0.282. The molecule has 1 aromatic rings. The molecule has 2 aliphatic rings. The molecule has 0 radical (unpaired) electrons. The smallest absolute Gasteiger partial charge is 0.269 e. The highest BCUT2D eigenvalue weighted by Gasteiger charge is 2.41. The Kier molecular flexibility index (Phi) is 3.15. The molecule has 0 unspecified atom stereocenters. The van der Waals surface area contributed by atoms with Crippen molar-refractivity contribution in [3.63, 3.8) is 0 Å². The van der Waals surface area contributed by atoms with Crippen molar-refractivity contribution in [2.45, 2.75) is 45.4 Å². The van der Waals surface area contributed by atoms with Crippen molar-refractivity contribution in [3.8, 4) is 0 Å². The van der Waals surface area contributed by atoms with Crippen molar-refractivity contribution in [2.75, 3.05) is 13.1 Å². The van der Waals surface area contributed by atoms with Crippen LogP contribution in [0.1, 0.15) is 44.2 Å². The Labute approximate surface area is 120 Å². The highest BCUT2D eigenvalue weighted by atomic mass is 16.2. The Morgan fingerprint density at radius 1 is 1.20 bits per heavy atom. The van der Waals surface area contributed by atoms with Gasteiger partial charge in [-0.25, -0.2) is 4.99 Å². The maximum Gasteiger partial charge on any atom is 0.269 e. The molecule has 0 saturated carbocycles. The second kappa shape index (κ2) is 4.72. The number of aryl methyl sites for hydroxylation is 1. The van der Waals surface area contributed by atoms with Gasteiger partial charge in [-0.3, -0.25) is 4.79 Å². The van der Waals surface area contributed by atoms with E-state index in [0.29, 0.717) is 5.71 Å². The van der Waals surface area contributed by atoms with E-state index in [-0.39, 0.29) is 11.3 Å². The maximum atomic E-state index is 12.8. The summed E-state index contributed by atoms with van der Waals surface area (Å²) in [5, 5.41) is 0. The summed E-state index contributed by atoms with van der Waals surface area (Å²) in [6.07, 6.45) is 3.47. The molecule has 3 heteroatoms. The van der Waals surface area contributed by atoms with E-state index in [0.717, 1.165) is 37.2 Å². The largest absolute Gasteiger partial charge is 0.338 e. The summed E-state index contributed by atoms with van der Waals surface area (Å²) in [5.41, 5.74) is 3.76. The van der Waals surface area contributed by atoms with Crippen molar-refractivity contribution >= 4 is 17.3 Å². The van der Waals surface area contributed by atoms with Crippen LogP contribution in [0.3, 0.4) is 0 Å². The first-order valence-electron chi connectivity index (χ1n) is 7.50. The molecule has 0 atom stereocenters. The average molecular weight is 270 g/mol. The molecule has 0 aliphatic carbocycles. The van der Waals surface area contributed by atoms with Crippen molar-refractivity contribution in [2.24, 2.45) is 4.99 Å². The summed E-state index contributed by atoms with van der Waals surface area (Å²) in [6.45, 7) is 8.04. The Morgan fingerprint density at radius 2 is 1.90 bits per heavy atom. The van der Waals surface area contributed by atoms with Gasteiger partial charge in [0.05, 0.1) is 5.69 Å². The summed E-state index contributed by atoms with van der Waals surface area (Å²) in [5.74, 6) is 0.130. The van der Waals surface area contributed by atoms with Gasteiger partial charge in [0.15, 0.2) is 0 Å². The zero-order valence-electron chi connectivity index (χ0n) is 12.6. The van der Waals surface area contributed by atoms with E-state index in [1.54, 1.807) is 0 Å².